The number of hydrogen-bond acceptors (Lipinski definition) is 9. The molecule has 0 saturated carbocycles. The fraction of sp³-hybridized carbons (Fsp3) is 0.370. The lowest BCUT2D eigenvalue weighted by Gasteiger charge is -2.11. The van der Waals surface area contributed by atoms with Gasteiger partial charge >= 0.3 is 5.97 Å². The molecule has 2 heterocycles. The number of nitrogens with zero attached hydrogens (tertiary/aromatic N) is 3. The van der Waals surface area contributed by atoms with Gasteiger partial charge in [0.1, 0.15) is 10.8 Å². The number of hydrogen-bond donors (Lipinski definition) is 2. The molecule has 1 aromatic carbocycles. The highest BCUT2D eigenvalue weighted by Gasteiger charge is 2.26. The fourth-order valence-electron chi connectivity index (χ4n) is 3.51. The molecular formula is C27H33N5O5S2. The smallest absolute Gasteiger partial charge is 0.341 e. The van der Waals surface area contributed by atoms with Gasteiger partial charge in [-0.05, 0) is 56.5 Å². The number of nitrogens with one attached hydrogen (secondary N) is 1. The van der Waals surface area contributed by atoms with E-state index in [1.54, 1.807) is 26.8 Å². The minimum absolute atomic E-state index is 0.0151. The molecule has 12 heteroatoms. The Labute approximate surface area is 236 Å². The molecular weight excluding hydrogens is 538 g/mol. The number of carbonyl (C=O) groups excluding carboxylic acids is 3. The van der Waals surface area contributed by atoms with E-state index in [2.05, 4.69) is 35.9 Å². The van der Waals surface area contributed by atoms with Crippen LogP contribution in [0.3, 0.4) is 0 Å². The number of amides is 2. The number of carbonyl (C=O) groups is 3. The summed E-state index contributed by atoms with van der Waals surface area (Å²) < 4.78 is 12.9. The number of allylic oxidation sites excluding steroid dienone is 1. The Morgan fingerprint density at radius 1 is 1.18 bits per heavy atom. The highest BCUT2D eigenvalue weighted by molar-refractivity contribution is 7.99. The van der Waals surface area contributed by atoms with Crippen LogP contribution in [-0.2, 0) is 16.1 Å². The summed E-state index contributed by atoms with van der Waals surface area (Å²) in [7, 11) is 0. The van der Waals surface area contributed by atoms with E-state index >= 15 is 0 Å². The van der Waals surface area contributed by atoms with Gasteiger partial charge in [0.05, 0.1) is 28.9 Å². The summed E-state index contributed by atoms with van der Waals surface area (Å²) in [5.74, 6) is 0.101. The zero-order valence-electron chi connectivity index (χ0n) is 22.6. The second-order valence-corrected chi connectivity index (χ2v) is 11.3. The molecule has 3 N–H and O–H groups in total. The average molecular weight is 572 g/mol. The Morgan fingerprint density at radius 2 is 1.87 bits per heavy atom. The Hall–Kier alpha value is -3.64. The Balaban J connectivity index is 1.76. The second-order valence-electron chi connectivity index (χ2n) is 9.35. The zero-order valence-corrected chi connectivity index (χ0v) is 24.3. The van der Waals surface area contributed by atoms with Crippen molar-refractivity contribution in [2.24, 2.45) is 11.7 Å². The minimum atomic E-state index is -0.685. The van der Waals surface area contributed by atoms with Gasteiger partial charge in [0.15, 0.2) is 11.0 Å². The van der Waals surface area contributed by atoms with Crippen molar-refractivity contribution >= 4 is 45.9 Å². The van der Waals surface area contributed by atoms with E-state index in [1.807, 2.05) is 28.8 Å². The number of thiophene rings is 1. The number of benzene rings is 1. The first-order valence-electron chi connectivity index (χ1n) is 12.4. The van der Waals surface area contributed by atoms with Gasteiger partial charge in [-0.3, -0.25) is 14.2 Å². The molecule has 0 spiro atoms. The van der Waals surface area contributed by atoms with Gasteiger partial charge in [-0.2, -0.15) is 0 Å². The molecule has 0 aliphatic rings. The molecule has 39 heavy (non-hydrogen) atoms. The number of nitrogens with two attached hydrogens (primary N) is 1. The SMILES string of the molecule is C=CCn1c(SCC(=O)Nc2sc(C(N)=O)c(C)c2C(=O)OC(C)C)nnc1-c1ccc(OCC(C)C)cc1. The first-order valence-corrected chi connectivity index (χ1v) is 14.2. The van der Waals surface area contributed by atoms with Crippen molar-refractivity contribution in [1.82, 2.24) is 14.8 Å². The molecule has 0 aliphatic heterocycles. The van der Waals surface area contributed by atoms with Crippen LogP contribution in [-0.4, -0.2) is 51.0 Å². The first-order chi connectivity index (χ1) is 18.5. The number of ether oxygens (including phenoxy) is 2. The molecule has 0 atom stereocenters. The van der Waals surface area contributed by atoms with E-state index in [9.17, 15) is 14.4 Å². The highest BCUT2D eigenvalue weighted by atomic mass is 32.2. The van der Waals surface area contributed by atoms with Crippen LogP contribution in [0.4, 0.5) is 5.00 Å². The summed E-state index contributed by atoms with van der Waals surface area (Å²) in [5, 5.41) is 12.1. The maximum atomic E-state index is 12.9. The molecule has 0 fully saturated rings. The van der Waals surface area contributed by atoms with E-state index in [0.717, 1.165) is 22.6 Å². The van der Waals surface area contributed by atoms with Gasteiger partial charge in [-0.1, -0.05) is 31.7 Å². The van der Waals surface area contributed by atoms with Crippen LogP contribution in [0.2, 0.25) is 0 Å². The van der Waals surface area contributed by atoms with Gasteiger partial charge in [0.25, 0.3) is 5.91 Å². The quantitative estimate of drug-likeness (QED) is 0.167. The van der Waals surface area contributed by atoms with Gasteiger partial charge in [0.2, 0.25) is 5.91 Å². The lowest BCUT2D eigenvalue weighted by atomic mass is 10.1. The minimum Gasteiger partial charge on any atom is -0.493 e. The Bertz CT molecular complexity index is 1350. The first kappa shape index (κ1) is 29.9. The molecule has 208 valence electrons. The zero-order chi connectivity index (χ0) is 28.7. The number of aromatic nitrogens is 3. The molecule has 0 saturated heterocycles. The summed E-state index contributed by atoms with van der Waals surface area (Å²) in [6.45, 7) is 14.1. The van der Waals surface area contributed by atoms with Crippen molar-refractivity contribution in [1.29, 1.82) is 0 Å². The molecule has 10 nitrogen and oxygen atoms in total. The van der Waals surface area contributed by atoms with Gasteiger partial charge in [-0.25, -0.2) is 4.79 Å². The van der Waals surface area contributed by atoms with E-state index in [4.69, 9.17) is 15.2 Å². The van der Waals surface area contributed by atoms with E-state index in [1.165, 1.54) is 11.8 Å². The number of primary amides is 1. The van der Waals surface area contributed by atoms with Crippen molar-refractivity contribution in [2.75, 3.05) is 17.7 Å². The predicted molar refractivity (Wildman–Crippen MR) is 153 cm³/mol. The lowest BCUT2D eigenvalue weighted by molar-refractivity contribution is -0.113. The molecule has 3 aromatic rings. The predicted octanol–water partition coefficient (Wildman–Crippen LogP) is 4.93. The summed E-state index contributed by atoms with van der Waals surface area (Å²) in [4.78, 5) is 37.6. The van der Waals surface area contributed by atoms with Crippen LogP contribution >= 0.6 is 23.1 Å². The highest BCUT2D eigenvalue weighted by Crippen LogP contribution is 2.34. The monoisotopic (exact) mass is 571 g/mol. The Kier molecular flexibility index (Phi) is 10.3. The van der Waals surface area contributed by atoms with Crippen LogP contribution in [0.25, 0.3) is 11.4 Å². The Morgan fingerprint density at radius 3 is 2.46 bits per heavy atom. The molecule has 3 rings (SSSR count). The van der Waals surface area contributed by atoms with Gasteiger partial charge in [-0.15, -0.1) is 28.1 Å². The molecule has 0 radical (unpaired) electrons. The van der Waals surface area contributed by atoms with Gasteiger partial charge in [0, 0.05) is 12.1 Å². The van der Waals surface area contributed by atoms with Gasteiger partial charge < -0.3 is 20.5 Å². The van der Waals surface area contributed by atoms with Crippen molar-refractivity contribution in [3.05, 3.63) is 52.9 Å². The fourth-order valence-corrected chi connectivity index (χ4v) is 5.33. The van der Waals surface area contributed by atoms with Crippen LogP contribution in [0.5, 0.6) is 5.75 Å². The number of thioether (sulfide) groups is 1. The topological polar surface area (TPSA) is 138 Å². The molecule has 2 amide bonds. The summed E-state index contributed by atoms with van der Waals surface area (Å²) in [5.41, 5.74) is 6.81. The van der Waals surface area contributed by atoms with Crippen LogP contribution in [0.15, 0.2) is 42.1 Å². The summed E-state index contributed by atoms with van der Waals surface area (Å²) >= 11 is 2.13. The second kappa shape index (κ2) is 13.4. The molecule has 0 bridgehead atoms. The molecule has 0 aliphatic carbocycles. The number of rotatable bonds is 13. The largest absolute Gasteiger partial charge is 0.493 e. The van der Waals surface area contributed by atoms with Crippen LogP contribution < -0.4 is 15.8 Å². The third-order valence-corrected chi connectivity index (χ3v) is 7.42. The number of anilines is 1. The lowest BCUT2D eigenvalue weighted by Crippen LogP contribution is -2.18. The standard InChI is InChI=1S/C27H33N5O5S2/c1-7-12-32-24(18-8-10-19(11-9-18)36-13-15(2)3)30-31-27(32)38-14-20(33)29-25-21(26(35)37-16(4)5)17(6)22(39-25)23(28)34/h7-11,15-16H,1,12-14H2,2-6H3,(H2,28,34)(H,29,33). The molecule has 0 unspecified atom stereocenters. The maximum absolute atomic E-state index is 12.9. The van der Waals surface area contributed by atoms with E-state index in [0.29, 0.717) is 35.6 Å². The van der Waals surface area contributed by atoms with Crippen molar-refractivity contribution in [3.8, 4) is 17.1 Å². The van der Waals surface area contributed by atoms with E-state index in [-0.39, 0.29) is 27.3 Å². The van der Waals surface area contributed by atoms with Crippen LogP contribution in [0.1, 0.15) is 53.3 Å². The maximum Gasteiger partial charge on any atom is 0.341 e. The average Bonchev–Trinajstić information content (AvgIpc) is 3.42. The van der Waals surface area contributed by atoms with E-state index < -0.39 is 17.8 Å². The molecule has 2 aromatic heterocycles. The van der Waals surface area contributed by atoms with Crippen molar-refractivity contribution in [3.63, 3.8) is 0 Å². The van der Waals surface area contributed by atoms with Crippen molar-refractivity contribution < 1.29 is 23.9 Å². The third kappa shape index (κ3) is 7.70. The normalized spacial score (nSPS) is 11.1. The third-order valence-electron chi connectivity index (χ3n) is 5.23. The summed E-state index contributed by atoms with van der Waals surface area (Å²) in [6, 6.07) is 7.59. The van der Waals surface area contributed by atoms with Crippen LogP contribution in [0, 0.1) is 12.8 Å². The number of esters is 1. The summed E-state index contributed by atoms with van der Waals surface area (Å²) in [6.07, 6.45) is 1.35. The van der Waals surface area contributed by atoms with Crippen molar-refractivity contribution in [2.45, 2.75) is 52.4 Å².